The number of benzene rings is 1. The summed E-state index contributed by atoms with van der Waals surface area (Å²) in [4.78, 5) is 3.71. The third kappa shape index (κ3) is 6.71. The van der Waals surface area contributed by atoms with Gasteiger partial charge in [-0.25, -0.2) is 8.78 Å². The van der Waals surface area contributed by atoms with Crippen LogP contribution in [0.15, 0.2) is 65.0 Å². The summed E-state index contributed by atoms with van der Waals surface area (Å²) in [5, 5.41) is 3.12. The fraction of sp³-hybridized carbons (Fsp3) is 0.375. The number of nitrogens with zero attached hydrogens (tertiary/aromatic N) is 1. The predicted molar refractivity (Wildman–Crippen MR) is 119 cm³/mol. The van der Waals surface area contributed by atoms with Crippen LogP contribution < -0.4 is 5.32 Å². The van der Waals surface area contributed by atoms with E-state index in [9.17, 15) is 17.6 Å². The zero-order valence-electron chi connectivity index (χ0n) is 18.4. The van der Waals surface area contributed by atoms with E-state index in [0.717, 1.165) is 24.1 Å². The van der Waals surface area contributed by atoms with E-state index in [4.69, 9.17) is 0 Å². The Kier molecular flexibility index (Phi) is 8.82. The second kappa shape index (κ2) is 10.4. The van der Waals surface area contributed by atoms with Crippen LogP contribution in [0.25, 0.3) is 5.57 Å². The van der Waals surface area contributed by atoms with Gasteiger partial charge in [0.25, 0.3) is 12.3 Å². The van der Waals surface area contributed by atoms with E-state index in [1.165, 1.54) is 31.3 Å². The minimum absolute atomic E-state index is 0.136. The van der Waals surface area contributed by atoms with Crippen molar-refractivity contribution in [1.82, 2.24) is 0 Å². The highest BCUT2D eigenvalue weighted by Gasteiger charge is 2.27. The van der Waals surface area contributed by atoms with Crippen molar-refractivity contribution >= 4 is 17.5 Å². The fourth-order valence-corrected chi connectivity index (χ4v) is 2.66. The highest BCUT2D eigenvalue weighted by atomic mass is 19.3. The van der Waals surface area contributed by atoms with Crippen LogP contribution in [-0.2, 0) is 0 Å². The lowest BCUT2D eigenvalue weighted by atomic mass is 9.97. The summed E-state index contributed by atoms with van der Waals surface area (Å²) in [5.74, 6) is -2.90. The Balaban J connectivity index is 3.49. The molecule has 6 heteroatoms. The standard InChI is InChI=1S/C24H30F4N2/c1-9-29-22(24(8,27)28)12-15(4)20-13-19(23(25)26)10-11-21(20)30-18(7)17(6)16(5)14(2)3/h9-14,23,30H,4,7H2,1-3,5-6,8H3/b17-16+,22-12-,29-9?. The van der Waals surface area contributed by atoms with Crippen molar-refractivity contribution in [3.63, 3.8) is 0 Å². The Morgan fingerprint density at radius 1 is 1.17 bits per heavy atom. The van der Waals surface area contributed by atoms with Crippen molar-refractivity contribution in [2.45, 2.75) is 53.9 Å². The van der Waals surface area contributed by atoms with E-state index < -0.39 is 18.0 Å². The summed E-state index contributed by atoms with van der Waals surface area (Å²) < 4.78 is 54.3. The van der Waals surface area contributed by atoms with Gasteiger partial charge in [0, 0.05) is 35.6 Å². The fourth-order valence-electron chi connectivity index (χ4n) is 2.66. The van der Waals surface area contributed by atoms with Gasteiger partial charge < -0.3 is 5.32 Å². The molecule has 1 N–H and O–H groups in total. The molecule has 0 amide bonds. The first-order valence-corrected chi connectivity index (χ1v) is 9.63. The number of alkyl halides is 4. The minimum Gasteiger partial charge on any atom is -0.355 e. The van der Waals surface area contributed by atoms with Gasteiger partial charge in [-0.3, -0.25) is 4.99 Å². The first-order chi connectivity index (χ1) is 13.8. The number of rotatable bonds is 9. The van der Waals surface area contributed by atoms with E-state index in [1.807, 2.05) is 13.8 Å². The van der Waals surface area contributed by atoms with Crippen LogP contribution in [0.3, 0.4) is 0 Å². The minimum atomic E-state index is -3.21. The molecule has 1 aromatic carbocycles. The van der Waals surface area contributed by atoms with Gasteiger partial charge in [0.15, 0.2) is 0 Å². The molecule has 164 valence electrons. The Morgan fingerprint density at radius 2 is 1.77 bits per heavy atom. The van der Waals surface area contributed by atoms with Crippen molar-refractivity contribution in [1.29, 1.82) is 0 Å². The van der Waals surface area contributed by atoms with Crippen LogP contribution in [0.1, 0.15) is 59.1 Å². The van der Waals surface area contributed by atoms with Gasteiger partial charge in [-0.1, -0.05) is 38.6 Å². The Hall–Kier alpha value is -2.63. The van der Waals surface area contributed by atoms with Gasteiger partial charge in [-0.2, -0.15) is 8.78 Å². The van der Waals surface area contributed by atoms with Crippen LogP contribution in [0, 0.1) is 5.92 Å². The lowest BCUT2D eigenvalue weighted by Gasteiger charge is -2.19. The van der Waals surface area contributed by atoms with Gasteiger partial charge in [0.1, 0.15) is 5.70 Å². The van der Waals surface area contributed by atoms with E-state index in [2.05, 4.69) is 37.3 Å². The molecule has 0 aliphatic heterocycles. The average Bonchev–Trinajstić information content (AvgIpc) is 2.65. The highest BCUT2D eigenvalue weighted by molar-refractivity contribution is 5.83. The number of anilines is 1. The molecule has 0 atom stereocenters. The third-order valence-electron chi connectivity index (χ3n) is 4.87. The van der Waals surface area contributed by atoms with Gasteiger partial charge >= 0.3 is 0 Å². The molecular weight excluding hydrogens is 392 g/mol. The molecule has 0 bridgehead atoms. The predicted octanol–water partition coefficient (Wildman–Crippen LogP) is 8.19. The summed E-state index contributed by atoms with van der Waals surface area (Å²) >= 11 is 0. The van der Waals surface area contributed by atoms with Gasteiger partial charge in [0.05, 0.1) is 0 Å². The highest BCUT2D eigenvalue weighted by Crippen LogP contribution is 2.34. The maximum absolute atomic E-state index is 13.9. The molecule has 0 saturated heterocycles. The number of nitrogens with one attached hydrogen (secondary N) is 1. The largest absolute Gasteiger partial charge is 0.355 e. The number of halogens is 4. The Bertz CT molecular complexity index is 885. The monoisotopic (exact) mass is 422 g/mol. The van der Waals surface area contributed by atoms with Gasteiger partial charge in [0.2, 0.25) is 0 Å². The van der Waals surface area contributed by atoms with Crippen LogP contribution >= 0.6 is 0 Å². The number of aliphatic imine (C=N–C) groups is 1. The molecule has 0 saturated carbocycles. The number of hydrogen-bond donors (Lipinski definition) is 1. The number of allylic oxidation sites excluding steroid dienone is 5. The molecule has 0 fully saturated rings. The zero-order valence-corrected chi connectivity index (χ0v) is 18.4. The maximum atomic E-state index is 13.9. The smallest absolute Gasteiger partial charge is 0.286 e. The summed E-state index contributed by atoms with van der Waals surface area (Å²) in [6, 6.07) is 4.01. The van der Waals surface area contributed by atoms with Crippen molar-refractivity contribution in [3.8, 4) is 0 Å². The lowest BCUT2D eigenvalue weighted by Crippen LogP contribution is -2.12. The van der Waals surface area contributed by atoms with Crippen LogP contribution in [0.2, 0.25) is 0 Å². The van der Waals surface area contributed by atoms with Crippen molar-refractivity contribution in [3.05, 3.63) is 71.1 Å². The van der Waals surface area contributed by atoms with E-state index >= 15 is 0 Å². The molecule has 0 aliphatic rings. The SMILES string of the molecule is C=C(Nc1ccc(C(F)F)cc1C(=C)/C=C(\N=CC)C(C)(F)F)/C(C)=C(\C)C(C)C. The molecule has 0 heterocycles. The molecular formula is C24H30F4N2. The van der Waals surface area contributed by atoms with Crippen molar-refractivity contribution < 1.29 is 17.6 Å². The molecule has 0 aromatic heterocycles. The van der Waals surface area contributed by atoms with Gasteiger partial charge in [-0.05, 0) is 56.0 Å². The van der Waals surface area contributed by atoms with E-state index in [-0.39, 0.29) is 16.7 Å². The normalized spacial score (nSPS) is 13.8. The Labute approximate surface area is 176 Å². The van der Waals surface area contributed by atoms with Crippen LogP contribution in [0.5, 0.6) is 0 Å². The van der Waals surface area contributed by atoms with Crippen molar-refractivity contribution in [2.24, 2.45) is 10.9 Å². The summed E-state index contributed by atoms with van der Waals surface area (Å²) in [6.45, 7) is 18.1. The molecule has 30 heavy (non-hydrogen) atoms. The third-order valence-corrected chi connectivity index (χ3v) is 4.87. The molecule has 0 radical (unpaired) electrons. The first kappa shape index (κ1) is 25.4. The molecule has 2 nitrogen and oxygen atoms in total. The zero-order chi connectivity index (χ0) is 23.2. The van der Waals surface area contributed by atoms with Crippen LogP contribution in [0.4, 0.5) is 23.2 Å². The number of hydrogen-bond acceptors (Lipinski definition) is 2. The maximum Gasteiger partial charge on any atom is 0.286 e. The molecule has 0 aliphatic carbocycles. The average molecular weight is 423 g/mol. The summed E-state index contributed by atoms with van der Waals surface area (Å²) in [7, 11) is 0. The summed E-state index contributed by atoms with van der Waals surface area (Å²) in [5.41, 5.74) is 2.78. The summed E-state index contributed by atoms with van der Waals surface area (Å²) in [6.07, 6.45) is -0.348. The van der Waals surface area contributed by atoms with Crippen LogP contribution in [-0.4, -0.2) is 12.1 Å². The topological polar surface area (TPSA) is 24.4 Å². The second-order valence-electron chi connectivity index (χ2n) is 7.50. The van der Waals surface area contributed by atoms with Gasteiger partial charge in [-0.15, -0.1) is 0 Å². The first-order valence-electron chi connectivity index (χ1n) is 9.63. The molecule has 1 aromatic rings. The van der Waals surface area contributed by atoms with E-state index in [1.54, 1.807) is 0 Å². The molecule has 0 spiro atoms. The van der Waals surface area contributed by atoms with E-state index in [0.29, 0.717) is 17.3 Å². The second-order valence-corrected chi connectivity index (χ2v) is 7.50. The molecule has 1 rings (SSSR count). The molecule has 0 unspecified atom stereocenters. The Morgan fingerprint density at radius 3 is 2.23 bits per heavy atom. The lowest BCUT2D eigenvalue weighted by molar-refractivity contribution is 0.0623. The van der Waals surface area contributed by atoms with Crippen molar-refractivity contribution in [2.75, 3.05) is 5.32 Å². The quantitative estimate of drug-likeness (QED) is 0.242.